The number of aromatic nitrogens is 2. The van der Waals surface area contributed by atoms with Gasteiger partial charge in [0.15, 0.2) is 5.16 Å². The third-order valence-electron chi connectivity index (χ3n) is 4.40. The molecule has 0 bridgehead atoms. The quantitative estimate of drug-likeness (QED) is 0.311. The van der Waals surface area contributed by atoms with Crippen LogP contribution in [0.15, 0.2) is 47.6 Å². The number of hydrogen-bond acceptors (Lipinski definition) is 5. The van der Waals surface area contributed by atoms with Gasteiger partial charge < -0.3 is 14.0 Å². The molecule has 3 rings (SSSR count). The molecule has 148 valence electrons. The second-order valence-electron chi connectivity index (χ2n) is 6.90. The minimum Gasteiger partial charge on any atom is -0.492 e. The third kappa shape index (κ3) is 4.87. The molecule has 0 spiro atoms. The summed E-state index contributed by atoms with van der Waals surface area (Å²) in [5, 5.41) is 0.798. The predicted octanol–water partition coefficient (Wildman–Crippen LogP) is 4.78. The molecule has 0 N–H and O–H groups in total. The molecule has 1 heterocycles. The van der Waals surface area contributed by atoms with E-state index in [-0.39, 0.29) is 18.6 Å². The van der Waals surface area contributed by atoms with Gasteiger partial charge in [-0.2, -0.15) is 0 Å². The molecule has 0 aliphatic rings. The Morgan fingerprint density at radius 3 is 2.71 bits per heavy atom. The highest BCUT2D eigenvalue weighted by Crippen LogP contribution is 2.25. The summed E-state index contributed by atoms with van der Waals surface area (Å²) in [6.07, 6.45) is -0.135. The maximum absolute atomic E-state index is 12.2. The maximum Gasteiger partial charge on any atom is 0.326 e. The molecule has 0 atom stereocenters. The summed E-state index contributed by atoms with van der Waals surface area (Å²) in [7, 11) is 0. The number of para-hydroxylation sites is 2. The number of imidazole rings is 1. The molecule has 2 aromatic carbocycles. The van der Waals surface area contributed by atoms with Crippen LogP contribution in [0.5, 0.6) is 5.75 Å². The van der Waals surface area contributed by atoms with Crippen LogP contribution in [0.1, 0.15) is 25.0 Å². The molecule has 0 aliphatic heterocycles. The molecule has 0 unspecified atom stereocenters. The van der Waals surface area contributed by atoms with Gasteiger partial charge in [0.2, 0.25) is 0 Å². The standard InChI is InChI=1S/C22H26N2O3S/c1-15(2)27-21(25)14-24-19-10-6-5-9-18(19)23-22(24)28-13-12-26-20-11-7-8-16(3)17(20)4/h5-11,15H,12-14H2,1-4H3. The molecule has 0 saturated heterocycles. The SMILES string of the molecule is Cc1cccc(OCCSc2nc3ccccc3n2CC(=O)OC(C)C)c1C. The first-order valence-corrected chi connectivity index (χ1v) is 10.4. The molecule has 0 amide bonds. The number of carbonyl (C=O) groups is 1. The smallest absolute Gasteiger partial charge is 0.326 e. The summed E-state index contributed by atoms with van der Waals surface area (Å²) in [5.41, 5.74) is 4.19. The average Bonchev–Trinajstić information content (AvgIpc) is 2.99. The summed E-state index contributed by atoms with van der Waals surface area (Å²) in [6, 6.07) is 13.9. The number of carbonyl (C=O) groups excluding carboxylic acids is 1. The van der Waals surface area contributed by atoms with E-state index in [1.807, 2.05) is 54.8 Å². The summed E-state index contributed by atoms with van der Waals surface area (Å²) in [4.78, 5) is 16.9. The minimum absolute atomic E-state index is 0.135. The van der Waals surface area contributed by atoms with Crippen molar-refractivity contribution in [1.29, 1.82) is 0 Å². The lowest BCUT2D eigenvalue weighted by Gasteiger charge is -2.12. The van der Waals surface area contributed by atoms with Crippen LogP contribution < -0.4 is 4.74 Å². The number of aryl methyl sites for hydroxylation is 1. The molecule has 1 aromatic heterocycles. The first-order chi connectivity index (χ1) is 13.5. The van der Waals surface area contributed by atoms with E-state index in [1.54, 1.807) is 11.8 Å². The van der Waals surface area contributed by atoms with Crippen molar-refractivity contribution in [2.24, 2.45) is 0 Å². The van der Waals surface area contributed by atoms with Crippen LogP contribution in [0.2, 0.25) is 0 Å². The first kappa shape index (κ1) is 20.3. The minimum atomic E-state index is -0.258. The molecule has 0 saturated carbocycles. The van der Waals surface area contributed by atoms with Crippen molar-refractivity contribution in [2.45, 2.75) is 45.5 Å². The van der Waals surface area contributed by atoms with E-state index >= 15 is 0 Å². The number of benzene rings is 2. The topological polar surface area (TPSA) is 53.4 Å². The van der Waals surface area contributed by atoms with Crippen molar-refractivity contribution in [3.63, 3.8) is 0 Å². The van der Waals surface area contributed by atoms with E-state index in [0.29, 0.717) is 6.61 Å². The van der Waals surface area contributed by atoms with Gasteiger partial charge in [-0.15, -0.1) is 0 Å². The lowest BCUT2D eigenvalue weighted by atomic mass is 10.1. The molecular weight excluding hydrogens is 372 g/mol. The van der Waals surface area contributed by atoms with Gasteiger partial charge >= 0.3 is 5.97 Å². The van der Waals surface area contributed by atoms with Crippen molar-refractivity contribution < 1.29 is 14.3 Å². The maximum atomic E-state index is 12.2. The Kier molecular flexibility index (Phi) is 6.62. The van der Waals surface area contributed by atoms with Crippen LogP contribution in [-0.4, -0.2) is 34.0 Å². The van der Waals surface area contributed by atoms with Crippen LogP contribution in [0.3, 0.4) is 0 Å². The number of rotatable bonds is 8. The molecule has 28 heavy (non-hydrogen) atoms. The average molecular weight is 399 g/mol. The van der Waals surface area contributed by atoms with Gasteiger partial charge in [0.25, 0.3) is 0 Å². The van der Waals surface area contributed by atoms with Gasteiger partial charge in [-0.1, -0.05) is 36.0 Å². The number of hydrogen-bond donors (Lipinski definition) is 0. The zero-order valence-electron chi connectivity index (χ0n) is 16.8. The van der Waals surface area contributed by atoms with Crippen LogP contribution in [-0.2, 0) is 16.1 Å². The number of nitrogens with zero attached hydrogens (tertiary/aromatic N) is 2. The van der Waals surface area contributed by atoms with Gasteiger partial charge in [-0.05, 0) is 57.0 Å². The second kappa shape index (κ2) is 9.15. The number of ether oxygens (including phenoxy) is 2. The van der Waals surface area contributed by atoms with Crippen LogP contribution in [0.25, 0.3) is 11.0 Å². The van der Waals surface area contributed by atoms with Crippen molar-refractivity contribution in [2.75, 3.05) is 12.4 Å². The summed E-state index contributed by atoms with van der Waals surface area (Å²) < 4.78 is 13.2. The first-order valence-electron chi connectivity index (χ1n) is 9.42. The van der Waals surface area contributed by atoms with E-state index in [9.17, 15) is 4.79 Å². The van der Waals surface area contributed by atoms with E-state index in [2.05, 4.69) is 24.9 Å². The van der Waals surface area contributed by atoms with Gasteiger partial charge in [-0.25, -0.2) is 4.98 Å². The van der Waals surface area contributed by atoms with Crippen molar-refractivity contribution >= 4 is 28.8 Å². The molecule has 3 aromatic rings. The number of fused-ring (bicyclic) bond motifs is 1. The highest BCUT2D eigenvalue weighted by Gasteiger charge is 2.15. The molecule has 0 fully saturated rings. The molecule has 6 heteroatoms. The van der Waals surface area contributed by atoms with Crippen LogP contribution in [0, 0.1) is 13.8 Å². The Labute approximate surface area is 170 Å². The second-order valence-corrected chi connectivity index (χ2v) is 7.96. The predicted molar refractivity (Wildman–Crippen MR) is 113 cm³/mol. The summed E-state index contributed by atoms with van der Waals surface area (Å²) >= 11 is 1.58. The number of thioether (sulfide) groups is 1. The highest BCUT2D eigenvalue weighted by atomic mass is 32.2. The van der Waals surface area contributed by atoms with E-state index in [4.69, 9.17) is 9.47 Å². The Hall–Kier alpha value is -2.47. The van der Waals surface area contributed by atoms with E-state index < -0.39 is 0 Å². The van der Waals surface area contributed by atoms with Gasteiger partial charge in [0.1, 0.15) is 12.3 Å². The zero-order chi connectivity index (χ0) is 20.1. The summed E-state index contributed by atoms with van der Waals surface area (Å²) in [5.74, 6) is 1.39. The molecular formula is C22H26N2O3S. The zero-order valence-corrected chi connectivity index (χ0v) is 17.6. The Morgan fingerprint density at radius 1 is 1.14 bits per heavy atom. The van der Waals surface area contributed by atoms with Gasteiger partial charge in [0.05, 0.1) is 23.7 Å². The number of esters is 1. The summed E-state index contributed by atoms with van der Waals surface area (Å²) in [6.45, 7) is 8.56. The van der Waals surface area contributed by atoms with Gasteiger partial charge in [-0.3, -0.25) is 4.79 Å². The normalized spacial score (nSPS) is 11.2. The van der Waals surface area contributed by atoms with Crippen molar-refractivity contribution in [1.82, 2.24) is 9.55 Å². The molecule has 5 nitrogen and oxygen atoms in total. The third-order valence-corrected chi connectivity index (χ3v) is 5.34. The fourth-order valence-electron chi connectivity index (χ4n) is 2.91. The van der Waals surface area contributed by atoms with Crippen molar-refractivity contribution in [3.8, 4) is 5.75 Å². The molecule has 0 radical (unpaired) electrons. The lowest BCUT2D eigenvalue weighted by molar-refractivity contribution is -0.148. The Bertz CT molecular complexity index is 966. The fourth-order valence-corrected chi connectivity index (χ4v) is 3.74. The van der Waals surface area contributed by atoms with E-state index in [0.717, 1.165) is 33.3 Å². The van der Waals surface area contributed by atoms with Crippen LogP contribution in [0.4, 0.5) is 0 Å². The highest BCUT2D eigenvalue weighted by molar-refractivity contribution is 7.99. The van der Waals surface area contributed by atoms with E-state index in [1.165, 1.54) is 5.56 Å². The van der Waals surface area contributed by atoms with Gasteiger partial charge in [0, 0.05) is 5.75 Å². The largest absolute Gasteiger partial charge is 0.492 e. The fraction of sp³-hybridized carbons (Fsp3) is 0.364. The Morgan fingerprint density at radius 2 is 1.93 bits per heavy atom. The molecule has 0 aliphatic carbocycles. The monoisotopic (exact) mass is 398 g/mol. The Balaban J connectivity index is 1.69. The van der Waals surface area contributed by atoms with Crippen LogP contribution >= 0.6 is 11.8 Å². The lowest BCUT2D eigenvalue weighted by Crippen LogP contribution is -2.18. The van der Waals surface area contributed by atoms with Crippen molar-refractivity contribution in [3.05, 3.63) is 53.6 Å².